The molecule has 3 rings (SSSR count). The van der Waals surface area contributed by atoms with Gasteiger partial charge in [-0.05, 0) is 38.5 Å². The van der Waals surface area contributed by atoms with Crippen LogP contribution in [0.1, 0.15) is 36.7 Å². The Morgan fingerprint density at radius 3 is 2.46 bits per heavy atom. The highest BCUT2D eigenvalue weighted by atomic mass is 16.5. The average Bonchev–Trinajstić information content (AvgIpc) is 2.54. The Morgan fingerprint density at radius 1 is 1.17 bits per heavy atom. The number of rotatable bonds is 3. The Kier molecular flexibility index (Phi) is 5.54. The third-order valence-electron chi connectivity index (χ3n) is 4.86. The number of hydrogen-bond acceptors (Lipinski definition) is 4. The van der Waals surface area contributed by atoms with Crippen molar-refractivity contribution in [2.75, 3.05) is 32.7 Å². The van der Waals surface area contributed by atoms with Gasteiger partial charge in [0.05, 0.1) is 12.2 Å². The van der Waals surface area contributed by atoms with E-state index < -0.39 is 0 Å². The van der Waals surface area contributed by atoms with Gasteiger partial charge in [0, 0.05) is 50.9 Å². The molecule has 5 heteroatoms. The molecule has 0 spiro atoms. The molecular formula is C19H29N3O2. The second-order valence-electron chi connectivity index (χ2n) is 7.20. The van der Waals surface area contributed by atoms with Crippen LogP contribution in [0.4, 0.5) is 0 Å². The quantitative estimate of drug-likeness (QED) is 0.916. The zero-order valence-electron chi connectivity index (χ0n) is 15.0. The van der Waals surface area contributed by atoms with Gasteiger partial charge in [-0.25, -0.2) is 0 Å². The number of carbonyl (C=O) groups excluding carboxylic acids is 1. The minimum atomic E-state index is 0.143. The third kappa shape index (κ3) is 4.15. The summed E-state index contributed by atoms with van der Waals surface area (Å²) in [6.45, 7) is 11.7. The van der Waals surface area contributed by atoms with Crippen LogP contribution in [0.5, 0.6) is 0 Å². The molecule has 2 aliphatic heterocycles. The number of benzene rings is 1. The summed E-state index contributed by atoms with van der Waals surface area (Å²) in [6, 6.07) is 8.37. The van der Waals surface area contributed by atoms with Crippen LogP contribution in [0.15, 0.2) is 24.3 Å². The lowest BCUT2D eigenvalue weighted by Crippen LogP contribution is -2.52. The molecule has 2 fully saturated rings. The lowest BCUT2D eigenvalue weighted by Gasteiger charge is -2.35. The van der Waals surface area contributed by atoms with Crippen LogP contribution in [0.25, 0.3) is 0 Å². The number of nitrogens with zero attached hydrogens (tertiary/aromatic N) is 2. The molecule has 1 amide bonds. The fourth-order valence-electron chi connectivity index (χ4n) is 3.73. The summed E-state index contributed by atoms with van der Waals surface area (Å²) >= 11 is 0. The average molecular weight is 331 g/mol. The van der Waals surface area contributed by atoms with E-state index in [1.807, 2.05) is 17.0 Å². The summed E-state index contributed by atoms with van der Waals surface area (Å²) < 4.78 is 5.78. The van der Waals surface area contributed by atoms with Gasteiger partial charge >= 0.3 is 0 Å². The van der Waals surface area contributed by atoms with Gasteiger partial charge in [-0.2, -0.15) is 0 Å². The van der Waals surface area contributed by atoms with Gasteiger partial charge in [-0.3, -0.25) is 9.69 Å². The lowest BCUT2D eigenvalue weighted by molar-refractivity contribution is -0.0704. The number of carbonyl (C=O) groups is 1. The molecule has 0 radical (unpaired) electrons. The molecule has 1 N–H and O–H groups in total. The standard InChI is InChI=1S/C19H29N3O2/c1-14-10-20-8-9-22(14)19(23)18-6-4-17(5-7-18)13-21-11-15(2)24-16(3)12-21/h4-7,14-16,20H,8-13H2,1-3H3/t14-,15?,16?/m0/s1. The van der Waals surface area contributed by atoms with Crippen molar-refractivity contribution >= 4 is 5.91 Å². The van der Waals surface area contributed by atoms with Gasteiger partial charge in [0.15, 0.2) is 0 Å². The Labute approximate surface area is 145 Å². The van der Waals surface area contributed by atoms with Crippen LogP contribution in [0, 0.1) is 0 Å². The second-order valence-corrected chi connectivity index (χ2v) is 7.20. The van der Waals surface area contributed by atoms with Gasteiger partial charge in [0.25, 0.3) is 5.91 Å². The van der Waals surface area contributed by atoms with Gasteiger partial charge < -0.3 is 15.0 Å². The van der Waals surface area contributed by atoms with Gasteiger partial charge in [0.1, 0.15) is 0 Å². The van der Waals surface area contributed by atoms with E-state index in [0.29, 0.717) is 0 Å². The van der Waals surface area contributed by atoms with Gasteiger partial charge in [-0.1, -0.05) is 12.1 Å². The number of morpholine rings is 1. The van der Waals surface area contributed by atoms with Crippen molar-refractivity contribution in [1.82, 2.24) is 15.1 Å². The number of nitrogens with one attached hydrogen (secondary N) is 1. The van der Waals surface area contributed by atoms with Crippen LogP contribution in [-0.2, 0) is 11.3 Å². The smallest absolute Gasteiger partial charge is 0.254 e. The molecule has 2 heterocycles. The third-order valence-corrected chi connectivity index (χ3v) is 4.86. The summed E-state index contributed by atoms with van der Waals surface area (Å²) in [6.07, 6.45) is 0.563. The Morgan fingerprint density at radius 2 is 1.83 bits per heavy atom. The molecule has 2 unspecified atom stereocenters. The first-order valence-electron chi connectivity index (χ1n) is 9.01. The molecule has 0 saturated carbocycles. The topological polar surface area (TPSA) is 44.8 Å². The number of amides is 1. The molecule has 2 saturated heterocycles. The molecule has 24 heavy (non-hydrogen) atoms. The van der Waals surface area contributed by atoms with Crippen LogP contribution >= 0.6 is 0 Å². The maximum absolute atomic E-state index is 12.7. The van der Waals surface area contributed by atoms with Crippen molar-refractivity contribution < 1.29 is 9.53 Å². The van der Waals surface area contributed by atoms with Crippen molar-refractivity contribution in [2.45, 2.75) is 45.6 Å². The molecular weight excluding hydrogens is 302 g/mol. The van der Waals surface area contributed by atoms with Crippen molar-refractivity contribution in [3.8, 4) is 0 Å². The van der Waals surface area contributed by atoms with Crippen LogP contribution in [0.2, 0.25) is 0 Å². The highest BCUT2D eigenvalue weighted by Gasteiger charge is 2.24. The maximum atomic E-state index is 12.7. The summed E-state index contributed by atoms with van der Waals surface area (Å²) in [5.74, 6) is 0.143. The van der Waals surface area contributed by atoms with E-state index in [1.54, 1.807) is 0 Å². The molecule has 2 aliphatic rings. The Bertz CT molecular complexity index is 550. The molecule has 0 aromatic heterocycles. The lowest BCUT2D eigenvalue weighted by atomic mass is 10.1. The van der Waals surface area contributed by atoms with E-state index in [9.17, 15) is 4.79 Å². The first kappa shape index (κ1) is 17.4. The molecule has 3 atom stereocenters. The largest absolute Gasteiger partial charge is 0.373 e. The van der Waals surface area contributed by atoms with Crippen LogP contribution in [-0.4, -0.2) is 66.7 Å². The van der Waals surface area contributed by atoms with Crippen molar-refractivity contribution in [2.24, 2.45) is 0 Å². The summed E-state index contributed by atoms with van der Waals surface area (Å²) in [5.41, 5.74) is 2.04. The first-order valence-corrected chi connectivity index (χ1v) is 9.01. The highest BCUT2D eigenvalue weighted by molar-refractivity contribution is 5.94. The second kappa shape index (κ2) is 7.64. The van der Waals surface area contributed by atoms with Crippen molar-refractivity contribution in [1.29, 1.82) is 0 Å². The highest BCUT2D eigenvalue weighted by Crippen LogP contribution is 2.16. The van der Waals surface area contributed by atoms with Crippen LogP contribution < -0.4 is 5.32 Å². The van der Waals surface area contributed by atoms with E-state index in [4.69, 9.17) is 4.74 Å². The normalized spacial score (nSPS) is 28.8. The summed E-state index contributed by atoms with van der Waals surface area (Å²) in [4.78, 5) is 17.1. The van der Waals surface area contributed by atoms with Crippen molar-refractivity contribution in [3.63, 3.8) is 0 Å². The van der Waals surface area contributed by atoms with Crippen LogP contribution in [0.3, 0.4) is 0 Å². The van der Waals surface area contributed by atoms with E-state index in [0.717, 1.165) is 44.8 Å². The first-order chi connectivity index (χ1) is 11.5. The summed E-state index contributed by atoms with van der Waals surface area (Å²) in [7, 11) is 0. The number of ether oxygens (including phenoxy) is 1. The van der Waals surface area contributed by atoms with Crippen molar-refractivity contribution in [3.05, 3.63) is 35.4 Å². The van der Waals surface area contributed by atoms with E-state index >= 15 is 0 Å². The Hall–Kier alpha value is -1.43. The van der Waals surface area contributed by atoms with Gasteiger partial charge in [-0.15, -0.1) is 0 Å². The minimum Gasteiger partial charge on any atom is -0.373 e. The van der Waals surface area contributed by atoms with E-state index in [-0.39, 0.29) is 24.2 Å². The molecule has 1 aromatic carbocycles. The number of hydrogen-bond donors (Lipinski definition) is 1. The molecule has 132 valence electrons. The maximum Gasteiger partial charge on any atom is 0.254 e. The SMILES string of the molecule is CC1CN(Cc2ccc(C(=O)N3CCNC[C@@H]3C)cc2)CC(C)O1. The predicted octanol–water partition coefficient (Wildman–Crippen LogP) is 1.73. The zero-order chi connectivity index (χ0) is 17.1. The Balaban J connectivity index is 1.61. The zero-order valence-corrected chi connectivity index (χ0v) is 15.0. The molecule has 0 bridgehead atoms. The fourth-order valence-corrected chi connectivity index (χ4v) is 3.73. The monoisotopic (exact) mass is 331 g/mol. The fraction of sp³-hybridized carbons (Fsp3) is 0.632. The minimum absolute atomic E-state index is 0.143. The predicted molar refractivity (Wildman–Crippen MR) is 95.1 cm³/mol. The molecule has 5 nitrogen and oxygen atoms in total. The van der Waals surface area contributed by atoms with E-state index in [2.05, 4.69) is 43.1 Å². The molecule has 1 aromatic rings. The molecule has 0 aliphatic carbocycles. The van der Waals surface area contributed by atoms with Gasteiger partial charge in [0.2, 0.25) is 0 Å². The number of piperazine rings is 1. The van der Waals surface area contributed by atoms with E-state index in [1.165, 1.54) is 5.56 Å². The summed E-state index contributed by atoms with van der Waals surface area (Å²) in [5, 5.41) is 3.32.